The average Bonchev–Trinajstić information content (AvgIpc) is 2.92. The summed E-state index contributed by atoms with van der Waals surface area (Å²) in [5.74, 6) is -0.234. The molecule has 1 aromatic carbocycles. The molecular formula is C17H19N3O4. The van der Waals surface area contributed by atoms with Crippen molar-refractivity contribution >= 4 is 29.1 Å². The van der Waals surface area contributed by atoms with Gasteiger partial charge in [-0.25, -0.2) is 0 Å². The molecule has 0 radical (unpaired) electrons. The number of hydrogen-bond donors (Lipinski definition) is 2. The van der Waals surface area contributed by atoms with Gasteiger partial charge in [-0.05, 0) is 52.0 Å². The Morgan fingerprint density at radius 2 is 1.62 bits per heavy atom. The van der Waals surface area contributed by atoms with E-state index in [0.29, 0.717) is 17.0 Å². The number of anilines is 2. The Hall–Kier alpha value is -2.96. The van der Waals surface area contributed by atoms with Crippen molar-refractivity contribution in [1.82, 2.24) is 5.16 Å². The third-order valence-electron chi connectivity index (χ3n) is 3.55. The van der Waals surface area contributed by atoms with Crippen LogP contribution in [0, 0.1) is 12.3 Å². The van der Waals surface area contributed by atoms with Crippen LogP contribution in [-0.2, 0) is 9.59 Å². The van der Waals surface area contributed by atoms with Crippen LogP contribution in [0.3, 0.4) is 0 Å². The van der Waals surface area contributed by atoms with Crippen molar-refractivity contribution in [1.29, 1.82) is 0 Å². The number of Topliss-reactive ketones (excluding diaryl/α,β-unsaturated/α-hetero) is 1. The molecule has 0 bridgehead atoms. The van der Waals surface area contributed by atoms with Crippen LogP contribution in [0.2, 0.25) is 0 Å². The summed E-state index contributed by atoms with van der Waals surface area (Å²) < 4.78 is 4.87. The zero-order chi connectivity index (χ0) is 17.9. The first-order chi connectivity index (χ1) is 11.2. The Balaban J connectivity index is 2.06. The van der Waals surface area contributed by atoms with Gasteiger partial charge < -0.3 is 15.2 Å². The van der Waals surface area contributed by atoms with E-state index in [1.165, 1.54) is 20.8 Å². The molecule has 0 saturated carbocycles. The highest BCUT2D eigenvalue weighted by Crippen LogP contribution is 2.22. The van der Waals surface area contributed by atoms with Gasteiger partial charge in [-0.15, -0.1) is 0 Å². The topological polar surface area (TPSA) is 101 Å². The lowest BCUT2D eigenvalue weighted by molar-refractivity contribution is -0.135. The zero-order valence-electron chi connectivity index (χ0n) is 14.0. The fraction of sp³-hybridized carbons (Fsp3) is 0.294. The van der Waals surface area contributed by atoms with Crippen molar-refractivity contribution in [3.05, 3.63) is 41.7 Å². The number of nitrogens with zero attached hydrogens (tertiary/aromatic N) is 1. The highest BCUT2D eigenvalue weighted by atomic mass is 16.5. The van der Waals surface area contributed by atoms with Crippen LogP contribution in [0.5, 0.6) is 0 Å². The molecule has 2 rings (SSSR count). The first kappa shape index (κ1) is 17.4. The van der Waals surface area contributed by atoms with Gasteiger partial charge in [0.25, 0.3) is 0 Å². The Bertz CT molecular complexity index is 775. The molecule has 0 atom stereocenters. The molecule has 2 amide bonds. The molecule has 2 aromatic rings. The van der Waals surface area contributed by atoms with Crippen LogP contribution < -0.4 is 10.6 Å². The predicted molar refractivity (Wildman–Crippen MR) is 88.7 cm³/mol. The fourth-order valence-electron chi connectivity index (χ4n) is 1.88. The molecule has 1 aromatic heterocycles. The maximum Gasteiger partial charge on any atom is 0.240 e. The van der Waals surface area contributed by atoms with Gasteiger partial charge in [0.05, 0.1) is 0 Å². The lowest BCUT2D eigenvalue weighted by Gasteiger charge is -2.22. The Labute approximate surface area is 139 Å². The summed E-state index contributed by atoms with van der Waals surface area (Å²) >= 11 is 0. The average molecular weight is 329 g/mol. The first-order valence-electron chi connectivity index (χ1n) is 7.37. The Morgan fingerprint density at radius 1 is 1.04 bits per heavy atom. The number of hydrogen-bond acceptors (Lipinski definition) is 5. The first-order valence-corrected chi connectivity index (χ1v) is 7.37. The molecule has 2 N–H and O–H groups in total. The Kier molecular flexibility index (Phi) is 4.82. The van der Waals surface area contributed by atoms with Gasteiger partial charge >= 0.3 is 0 Å². The maximum absolute atomic E-state index is 12.4. The van der Waals surface area contributed by atoms with Crippen molar-refractivity contribution in [3.8, 4) is 0 Å². The SMILES string of the molecule is CC(=O)c1ccc(NC(=O)C(C)(C)C(=O)Nc2cc(C)on2)cc1. The summed E-state index contributed by atoms with van der Waals surface area (Å²) in [6.07, 6.45) is 0. The van der Waals surface area contributed by atoms with Gasteiger partial charge in [0.1, 0.15) is 11.2 Å². The second-order valence-electron chi connectivity index (χ2n) is 5.99. The van der Waals surface area contributed by atoms with Gasteiger partial charge in [-0.1, -0.05) is 5.16 Å². The fourth-order valence-corrected chi connectivity index (χ4v) is 1.88. The quantitative estimate of drug-likeness (QED) is 0.649. The van der Waals surface area contributed by atoms with Crippen molar-refractivity contribution in [3.63, 3.8) is 0 Å². The number of rotatable bonds is 5. The van der Waals surface area contributed by atoms with Gasteiger partial charge in [0.2, 0.25) is 11.8 Å². The lowest BCUT2D eigenvalue weighted by atomic mass is 9.91. The standard InChI is InChI=1S/C17H19N3O4/c1-10-9-14(20-24-10)19-16(23)17(3,4)15(22)18-13-7-5-12(6-8-13)11(2)21/h5-9H,1-4H3,(H,18,22)(H,19,20,23). The van der Waals surface area contributed by atoms with Crippen molar-refractivity contribution < 1.29 is 18.9 Å². The van der Waals surface area contributed by atoms with Crippen LogP contribution in [-0.4, -0.2) is 22.8 Å². The summed E-state index contributed by atoms with van der Waals surface area (Å²) in [6.45, 7) is 6.18. The summed E-state index contributed by atoms with van der Waals surface area (Å²) in [5, 5.41) is 8.88. The van der Waals surface area contributed by atoms with E-state index in [2.05, 4.69) is 15.8 Å². The smallest absolute Gasteiger partial charge is 0.240 e. The molecular weight excluding hydrogens is 310 g/mol. The molecule has 0 spiro atoms. The van der Waals surface area contributed by atoms with E-state index >= 15 is 0 Å². The molecule has 1 heterocycles. The number of aryl methyl sites for hydroxylation is 1. The molecule has 7 heteroatoms. The number of ketones is 1. The minimum atomic E-state index is -1.33. The second-order valence-corrected chi connectivity index (χ2v) is 5.99. The summed E-state index contributed by atoms with van der Waals surface area (Å²) in [6, 6.07) is 8.02. The van der Waals surface area contributed by atoms with E-state index in [0.717, 1.165) is 0 Å². The summed E-state index contributed by atoms with van der Waals surface area (Å²) in [7, 11) is 0. The van der Waals surface area contributed by atoms with E-state index in [1.54, 1.807) is 37.3 Å². The highest BCUT2D eigenvalue weighted by molar-refractivity contribution is 6.13. The van der Waals surface area contributed by atoms with Crippen LogP contribution in [0.25, 0.3) is 0 Å². The lowest BCUT2D eigenvalue weighted by Crippen LogP contribution is -2.41. The molecule has 0 unspecified atom stereocenters. The van der Waals surface area contributed by atoms with Crippen LogP contribution in [0.1, 0.15) is 36.9 Å². The number of carbonyl (C=O) groups excluding carboxylic acids is 3. The molecule has 126 valence electrons. The predicted octanol–water partition coefficient (Wildman–Crippen LogP) is 2.79. The van der Waals surface area contributed by atoms with E-state index in [-0.39, 0.29) is 11.6 Å². The van der Waals surface area contributed by atoms with Gasteiger partial charge in [-0.2, -0.15) is 0 Å². The van der Waals surface area contributed by atoms with Gasteiger partial charge in [0, 0.05) is 17.3 Å². The third-order valence-corrected chi connectivity index (χ3v) is 3.55. The van der Waals surface area contributed by atoms with Crippen molar-refractivity contribution in [2.24, 2.45) is 5.41 Å². The highest BCUT2D eigenvalue weighted by Gasteiger charge is 2.36. The molecule has 0 aliphatic carbocycles. The molecule has 7 nitrogen and oxygen atoms in total. The minimum Gasteiger partial charge on any atom is -0.360 e. The monoisotopic (exact) mass is 329 g/mol. The van der Waals surface area contributed by atoms with E-state index in [1.807, 2.05) is 0 Å². The van der Waals surface area contributed by atoms with Crippen LogP contribution in [0.15, 0.2) is 34.9 Å². The third kappa shape index (κ3) is 3.87. The summed E-state index contributed by atoms with van der Waals surface area (Å²) in [5.41, 5.74) is -0.277. The van der Waals surface area contributed by atoms with Crippen molar-refractivity contribution in [2.75, 3.05) is 10.6 Å². The summed E-state index contributed by atoms with van der Waals surface area (Å²) in [4.78, 5) is 36.0. The molecule has 0 fully saturated rings. The number of nitrogens with one attached hydrogen (secondary N) is 2. The molecule has 24 heavy (non-hydrogen) atoms. The largest absolute Gasteiger partial charge is 0.360 e. The molecule has 0 aliphatic heterocycles. The number of amides is 2. The van der Waals surface area contributed by atoms with Gasteiger partial charge in [-0.3, -0.25) is 14.4 Å². The Morgan fingerprint density at radius 3 is 2.12 bits per heavy atom. The maximum atomic E-state index is 12.4. The normalized spacial score (nSPS) is 11.0. The van der Waals surface area contributed by atoms with Crippen LogP contribution in [0.4, 0.5) is 11.5 Å². The zero-order valence-corrected chi connectivity index (χ0v) is 14.0. The second kappa shape index (κ2) is 6.66. The molecule has 0 saturated heterocycles. The van der Waals surface area contributed by atoms with Crippen molar-refractivity contribution in [2.45, 2.75) is 27.7 Å². The minimum absolute atomic E-state index is 0.0597. The van der Waals surface area contributed by atoms with Gasteiger partial charge in [0.15, 0.2) is 11.6 Å². The van der Waals surface area contributed by atoms with E-state index < -0.39 is 17.2 Å². The van der Waals surface area contributed by atoms with E-state index in [9.17, 15) is 14.4 Å². The number of aromatic nitrogens is 1. The van der Waals surface area contributed by atoms with Crippen LogP contribution >= 0.6 is 0 Å². The molecule has 0 aliphatic rings. The van der Waals surface area contributed by atoms with E-state index in [4.69, 9.17) is 4.52 Å². The number of carbonyl (C=O) groups is 3. The number of benzene rings is 1.